The highest BCUT2D eigenvalue weighted by Gasteiger charge is 1.72. The van der Waals surface area contributed by atoms with Crippen molar-refractivity contribution in [1.29, 1.82) is 0 Å². The normalized spacial score (nSPS) is 11.4. The summed E-state index contributed by atoms with van der Waals surface area (Å²) in [5.74, 6) is 0. The van der Waals surface area contributed by atoms with Crippen LogP contribution in [0.4, 0.5) is 0 Å². The van der Waals surface area contributed by atoms with Crippen LogP contribution >= 0.6 is 0 Å². The van der Waals surface area contributed by atoms with E-state index in [4.69, 9.17) is 4.74 Å². The Labute approximate surface area is 63.4 Å². The lowest BCUT2D eigenvalue weighted by molar-refractivity contribution is 0.372. The number of hydrogen-bond donors (Lipinski definition) is 0. The molecule has 0 spiro atoms. The topological polar surface area (TPSA) is 9.23 Å². The van der Waals surface area contributed by atoms with E-state index < -0.39 is 0 Å². The smallest absolute Gasteiger partial charge is 0.164 e. The lowest BCUT2D eigenvalue weighted by atomic mass is 10.3. The van der Waals surface area contributed by atoms with E-state index in [0.717, 1.165) is 19.3 Å². The van der Waals surface area contributed by atoms with Crippen molar-refractivity contribution in [3.8, 4) is 0 Å². The molecule has 0 N–H and O–H groups in total. The van der Waals surface area contributed by atoms with Gasteiger partial charge in [-0.3, -0.25) is 0 Å². The van der Waals surface area contributed by atoms with E-state index in [1.54, 1.807) is 6.26 Å². The minimum Gasteiger partial charge on any atom is -0.462 e. The Morgan fingerprint density at radius 1 is 1.40 bits per heavy atom. The fourth-order valence-electron chi connectivity index (χ4n) is 0.454. The van der Waals surface area contributed by atoms with Gasteiger partial charge in [-0.2, -0.15) is 0 Å². The van der Waals surface area contributed by atoms with Gasteiger partial charge in [0, 0.05) is 0 Å². The van der Waals surface area contributed by atoms with Gasteiger partial charge in [-0.25, -0.2) is 0 Å². The molecule has 1 nitrogen and oxygen atoms in total. The molecule has 1 radical (unpaired) electrons. The molecule has 0 bridgehead atoms. The molecule has 0 amide bonds. The van der Waals surface area contributed by atoms with Crippen molar-refractivity contribution >= 4 is 0 Å². The van der Waals surface area contributed by atoms with Crippen LogP contribution < -0.4 is 0 Å². The van der Waals surface area contributed by atoms with Gasteiger partial charge in [0.25, 0.3) is 0 Å². The summed E-state index contributed by atoms with van der Waals surface area (Å²) < 4.78 is 4.89. The van der Waals surface area contributed by atoms with Crippen LogP contribution in [0.5, 0.6) is 0 Å². The molecule has 0 rings (SSSR count). The molecular formula is C9H15O. The van der Waals surface area contributed by atoms with E-state index in [2.05, 4.69) is 13.2 Å². The van der Waals surface area contributed by atoms with Gasteiger partial charge in [-0.1, -0.05) is 20.3 Å². The van der Waals surface area contributed by atoms with Crippen LogP contribution in [0.25, 0.3) is 0 Å². The SMILES string of the molecule is CC/C=[C]\O/C=C/CCC. The monoisotopic (exact) mass is 139 g/mol. The van der Waals surface area contributed by atoms with Gasteiger partial charge in [0.2, 0.25) is 0 Å². The lowest BCUT2D eigenvalue weighted by Gasteiger charge is -1.86. The number of unbranched alkanes of at least 4 members (excludes halogenated alkanes) is 1. The zero-order valence-corrected chi connectivity index (χ0v) is 6.76. The highest BCUT2D eigenvalue weighted by atomic mass is 16.5. The van der Waals surface area contributed by atoms with Crippen molar-refractivity contribution in [3.05, 3.63) is 24.7 Å². The first-order chi connectivity index (χ1) is 4.91. The van der Waals surface area contributed by atoms with Crippen LogP contribution in [-0.4, -0.2) is 0 Å². The third-order valence-corrected chi connectivity index (χ3v) is 0.975. The number of rotatable bonds is 5. The molecule has 0 unspecified atom stereocenters. The van der Waals surface area contributed by atoms with Crippen LogP contribution in [0.1, 0.15) is 33.1 Å². The van der Waals surface area contributed by atoms with Crippen molar-refractivity contribution in [2.24, 2.45) is 0 Å². The molecule has 0 heterocycles. The Hall–Kier alpha value is -0.720. The summed E-state index contributed by atoms with van der Waals surface area (Å²) in [5.41, 5.74) is 0. The van der Waals surface area contributed by atoms with Crippen molar-refractivity contribution in [3.63, 3.8) is 0 Å². The fraction of sp³-hybridized carbons (Fsp3) is 0.556. The first kappa shape index (κ1) is 9.28. The van der Waals surface area contributed by atoms with E-state index >= 15 is 0 Å². The molecule has 57 valence electrons. The predicted molar refractivity (Wildman–Crippen MR) is 43.2 cm³/mol. The van der Waals surface area contributed by atoms with Gasteiger partial charge in [0.15, 0.2) is 6.26 Å². The van der Waals surface area contributed by atoms with Crippen molar-refractivity contribution in [2.75, 3.05) is 0 Å². The van der Waals surface area contributed by atoms with E-state index in [-0.39, 0.29) is 0 Å². The summed E-state index contributed by atoms with van der Waals surface area (Å²) in [6, 6.07) is 0. The van der Waals surface area contributed by atoms with Gasteiger partial charge in [0.05, 0.1) is 6.26 Å². The van der Waals surface area contributed by atoms with E-state index in [1.807, 2.05) is 19.1 Å². The standard InChI is InChI=1S/C9H15O/c1-3-5-7-9-10-8-6-4-2/h6-7,9H,3-5H2,1-2H3/b8-6?,9-7+. The second kappa shape index (κ2) is 8.28. The second-order valence-corrected chi connectivity index (χ2v) is 2.01. The fourth-order valence-corrected chi connectivity index (χ4v) is 0.454. The summed E-state index contributed by atoms with van der Waals surface area (Å²) >= 11 is 0. The molecule has 0 aliphatic heterocycles. The lowest BCUT2D eigenvalue weighted by Crippen LogP contribution is -1.67. The third-order valence-electron chi connectivity index (χ3n) is 0.975. The second-order valence-electron chi connectivity index (χ2n) is 2.01. The first-order valence-electron chi connectivity index (χ1n) is 3.79. The maximum absolute atomic E-state index is 4.89. The minimum atomic E-state index is 0.974. The summed E-state index contributed by atoms with van der Waals surface area (Å²) in [5, 5.41) is 0. The van der Waals surface area contributed by atoms with Gasteiger partial charge < -0.3 is 4.74 Å². The van der Waals surface area contributed by atoms with Gasteiger partial charge in [0.1, 0.15) is 0 Å². The summed E-state index contributed by atoms with van der Waals surface area (Å²) in [4.78, 5) is 0. The molecule has 0 aliphatic rings. The van der Waals surface area contributed by atoms with Crippen molar-refractivity contribution < 1.29 is 4.74 Å². The molecule has 0 atom stereocenters. The molecule has 0 fully saturated rings. The average Bonchev–Trinajstić information content (AvgIpc) is 1.97. The average molecular weight is 139 g/mol. The quantitative estimate of drug-likeness (QED) is 0.532. The highest BCUT2D eigenvalue weighted by molar-refractivity contribution is 4.74. The molecule has 0 saturated heterocycles. The van der Waals surface area contributed by atoms with E-state index in [1.165, 1.54) is 0 Å². The molecule has 1 heteroatoms. The van der Waals surface area contributed by atoms with E-state index in [0.29, 0.717) is 0 Å². The minimum absolute atomic E-state index is 0.974. The molecular weight excluding hydrogens is 124 g/mol. The van der Waals surface area contributed by atoms with Crippen LogP contribution in [-0.2, 0) is 4.74 Å². The Bertz CT molecular complexity index is 103. The van der Waals surface area contributed by atoms with Crippen molar-refractivity contribution in [2.45, 2.75) is 33.1 Å². The van der Waals surface area contributed by atoms with Crippen LogP contribution in [0.15, 0.2) is 18.4 Å². The Balaban J connectivity index is 3.09. The zero-order valence-electron chi connectivity index (χ0n) is 6.76. The molecule has 10 heavy (non-hydrogen) atoms. The summed E-state index contributed by atoms with van der Waals surface area (Å²) in [7, 11) is 0. The zero-order chi connectivity index (χ0) is 7.66. The first-order valence-corrected chi connectivity index (χ1v) is 3.79. The molecule has 0 aromatic carbocycles. The Morgan fingerprint density at radius 3 is 2.80 bits per heavy atom. The van der Waals surface area contributed by atoms with Gasteiger partial charge in [-0.05, 0) is 25.0 Å². The number of allylic oxidation sites excluding steroid dienone is 2. The van der Waals surface area contributed by atoms with Gasteiger partial charge >= 0.3 is 0 Å². The van der Waals surface area contributed by atoms with Crippen LogP contribution in [0.3, 0.4) is 0 Å². The Morgan fingerprint density at radius 2 is 2.20 bits per heavy atom. The van der Waals surface area contributed by atoms with Gasteiger partial charge in [-0.15, -0.1) is 0 Å². The highest BCUT2D eigenvalue weighted by Crippen LogP contribution is 1.89. The summed E-state index contributed by atoms with van der Waals surface area (Å²) in [6.45, 7) is 4.18. The maximum atomic E-state index is 4.89. The summed E-state index contributed by atoms with van der Waals surface area (Å²) in [6.07, 6.45) is 11.4. The number of ether oxygens (including phenoxy) is 1. The number of hydrogen-bond acceptors (Lipinski definition) is 1. The largest absolute Gasteiger partial charge is 0.462 e. The third kappa shape index (κ3) is 7.28. The molecule has 0 aromatic heterocycles. The van der Waals surface area contributed by atoms with E-state index in [9.17, 15) is 0 Å². The van der Waals surface area contributed by atoms with Crippen LogP contribution in [0.2, 0.25) is 0 Å². The van der Waals surface area contributed by atoms with Crippen molar-refractivity contribution in [1.82, 2.24) is 0 Å². The predicted octanol–water partition coefficient (Wildman–Crippen LogP) is 3.04. The molecule has 0 aliphatic carbocycles. The molecule has 0 aromatic rings. The van der Waals surface area contributed by atoms with Crippen LogP contribution in [0, 0.1) is 6.26 Å². The molecule has 0 saturated carbocycles. The Kier molecular flexibility index (Phi) is 7.68. The maximum Gasteiger partial charge on any atom is 0.164 e.